The Hall–Kier alpha value is -0.0400. The van der Waals surface area contributed by atoms with Crippen molar-refractivity contribution < 1.29 is 4.74 Å². The van der Waals surface area contributed by atoms with Gasteiger partial charge in [-0.1, -0.05) is 6.92 Å². The highest BCUT2D eigenvalue weighted by Gasteiger charge is 2.51. The zero-order chi connectivity index (χ0) is 13.0. The molecule has 3 fully saturated rings. The van der Waals surface area contributed by atoms with Crippen LogP contribution in [0.25, 0.3) is 0 Å². The van der Waals surface area contributed by atoms with Gasteiger partial charge in [-0.05, 0) is 32.1 Å². The lowest BCUT2D eigenvalue weighted by Crippen LogP contribution is -2.63. The van der Waals surface area contributed by atoms with Crippen molar-refractivity contribution in [2.45, 2.75) is 45.3 Å². The lowest BCUT2D eigenvalue weighted by molar-refractivity contribution is 0.0259. The lowest BCUT2D eigenvalue weighted by atomic mass is 9.78. The smallest absolute Gasteiger partial charge is 0.197 e. The quantitative estimate of drug-likeness (QED) is 0.593. The minimum atomic E-state index is 0. The molecule has 3 saturated heterocycles. The largest absolute Gasteiger partial charge is 0.378 e. The number of hydrogen-bond acceptors (Lipinski definition) is 4. The molecule has 0 N–H and O–H groups in total. The van der Waals surface area contributed by atoms with Crippen molar-refractivity contribution >= 4 is 29.9 Å². The van der Waals surface area contributed by atoms with Crippen molar-refractivity contribution in [1.29, 1.82) is 0 Å². The van der Waals surface area contributed by atoms with Crippen molar-refractivity contribution in [1.82, 2.24) is 9.80 Å². The van der Waals surface area contributed by atoms with E-state index in [-0.39, 0.29) is 24.0 Å². The van der Waals surface area contributed by atoms with Crippen LogP contribution in [-0.2, 0) is 4.74 Å². The number of likely N-dealkylation sites (tertiary alicyclic amines) is 1. The summed E-state index contributed by atoms with van der Waals surface area (Å²) in [6, 6.07) is 0.680. The van der Waals surface area contributed by atoms with Crippen molar-refractivity contribution in [3.8, 4) is 0 Å². The summed E-state index contributed by atoms with van der Waals surface area (Å²) in [5.74, 6) is 2.10. The first kappa shape index (κ1) is 14.9. The van der Waals surface area contributed by atoms with Crippen LogP contribution in [0.2, 0.25) is 0 Å². The van der Waals surface area contributed by atoms with Gasteiger partial charge in [-0.15, -0.1) is 24.0 Å². The van der Waals surface area contributed by atoms with Crippen molar-refractivity contribution in [3.63, 3.8) is 0 Å². The third-order valence-electron chi connectivity index (χ3n) is 5.52. The van der Waals surface area contributed by atoms with E-state index < -0.39 is 0 Å². The van der Waals surface area contributed by atoms with Crippen LogP contribution >= 0.6 is 24.0 Å². The van der Waals surface area contributed by atoms with Crippen LogP contribution in [0.5, 0.6) is 0 Å². The molecule has 0 aromatic heterocycles. The van der Waals surface area contributed by atoms with E-state index in [2.05, 4.69) is 23.6 Å². The molecule has 1 spiro atoms. The number of aliphatic imine (C=N–C) groups is 1. The number of fused-ring (bicyclic) bond motifs is 1. The van der Waals surface area contributed by atoms with E-state index in [1.165, 1.54) is 31.8 Å². The van der Waals surface area contributed by atoms with Gasteiger partial charge in [0, 0.05) is 25.0 Å². The Bertz CT molecular complexity index is 408. The predicted octanol–water partition coefficient (Wildman–Crippen LogP) is 2.19. The molecule has 0 aromatic carbocycles. The molecule has 0 radical (unpaired) electrons. The van der Waals surface area contributed by atoms with Crippen LogP contribution in [0, 0.1) is 11.3 Å². The summed E-state index contributed by atoms with van der Waals surface area (Å²) >= 11 is 0. The van der Waals surface area contributed by atoms with Crippen molar-refractivity contribution in [2.24, 2.45) is 16.3 Å². The summed E-state index contributed by atoms with van der Waals surface area (Å²) in [6.45, 7) is 10.1. The van der Waals surface area contributed by atoms with Crippen LogP contribution in [0.15, 0.2) is 4.99 Å². The fourth-order valence-electron chi connectivity index (χ4n) is 4.50. The molecular weight excluding hydrogens is 365 g/mol. The van der Waals surface area contributed by atoms with Gasteiger partial charge < -0.3 is 14.5 Å². The fourth-order valence-corrected chi connectivity index (χ4v) is 4.50. The predicted molar refractivity (Wildman–Crippen MR) is 90.6 cm³/mol. The Kier molecular flexibility index (Phi) is 3.95. The number of ether oxygens (including phenoxy) is 1. The van der Waals surface area contributed by atoms with Crippen LogP contribution in [0.3, 0.4) is 0 Å². The molecule has 20 heavy (non-hydrogen) atoms. The van der Waals surface area contributed by atoms with E-state index in [0.717, 1.165) is 32.2 Å². The second-order valence-corrected chi connectivity index (χ2v) is 7.20. The standard InChI is InChI=1S/C15H25N3O.HI/c1-11-4-3-5-18-13(11)7-16-14(18)17-8-15(9-17)6-12(2)19-10-15;/h11-13H,3-10H2,1-2H3;1H. The van der Waals surface area contributed by atoms with E-state index in [9.17, 15) is 0 Å². The van der Waals surface area contributed by atoms with E-state index in [1.54, 1.807) is 0 Å². The zero-order valence-electron chi connectivity index (χ0n) is 12.5. The van der Waals surface area contributed by atoms with E-state index >= 15 is 0 Å². The average Bonchev–Trinajstić information content (AvgIpc) is 2.92. The molecule has 3 atom stereocenters. The van der Waals surface area contributed by atoms with Crippen LogP contribution < -0.4 is 0 Å². The van der Waals surface area contributed by atoms with Gasteiger partial charge in [0.2, 0.25) is 0 Å². The third kappa shape index (κ3) is 2.25. The lowest BCUT2D eigenvalue weighted by Gasteiger charge is -2.51. The minimum absolute atomic E-state index is 0. The highest BCUT2D eigenvalue weighted by atomic mass is 127. The van der Waals surface area contributed by atoms with Gasteiger partial charge in [-0.2, -0.15) is 0 Å². The molecule has 3 unspecified atom stereocenters. The van der Waals surface area contributed by atoms with Crippen molar-refractivity contribution in [3.05, 3.63) is 0 Å². The molecule has 4 aliphatic heterocycles. The molecule has 0 saturated carbocycles. The van der Waals surface area contributed by atoms with Gasteiger partial charge >= 0.3 is 0 Å². The Labute approximate surface area is 138 Å². The third-order valence-corrected chi connectivity index (χ3v) is 5.52. The molecule has 5 heteroatoms. The topological polar surface area (TPSA) is 28.1 Å². The summed E-state index contributed by atoms with van der Waals surface area (Å²) in [5.41, 5.74) is 0.446. The van der Waals surface area contributed by atoms with Gasteiger partial charge in [-0.3, -0.25) is 4.99 Å². The maximum Gasteiger partial charge on any atom is 0.197 e. The molecule has 0 aromatic rings. The summed E-state index contributed by atoms with van der Waals surface area (Å²) in [5, 5.41) is 0. The zero-order valence-corrected chi connectivity index (χ0v) is 14.9. The highest BCUT2D eigenvalue weighted by Crippen LogP contribution is 2.42. The second kappa shape index (κ2) is 5.30. The molecule has 4 heterocycles. The molecular formula is C15H26IN3O. The van der Waals surface area contributed by atoms with Gasteiger partial charge in [-0.25, -0.2) is 0 Å². The van der Waals surface area contributed by atoms with Crippen LogP contribution in [0.1, 0.15) is 33.1 Å². The highest BCUT2D eigenvalue weighted by molar-refractivity contribution is 14.0. The Morgan fingerprint density at radius 3 is 2.80 bits per heavy atom. The van der Waals surface area contributed by atoms with E-state index in [1.807, 2.05) is 0 Å². The first-order valence-corrected chi connectivity index (χ1v) is 7.85. The number of guanidine groups is 1. The molecule has 114 valence electrons. The number of halogens is 1. The minimum Gasteiger partial charge on any atom is -0.378 e. The van der Waals surface area contributed by atoms with Crippen molar-refractivity contribution in [2.75, 3.05) is 32.8 Å². The second-order valence-electron chi connectivity index (χ2n) is 7.20. The average molecular weight is 391 g/mol. The number of hydrogen-bond donors (Lipinski definition) is 0. The number of piperidine rings is 1. The summed E-state index contributed by atoms with van der Waals surface area (Å²) < 4.78 is 5.77. The first-order valence-electron chi connectivity index (χ1n) is 7.85. The monoisotopic (exact) mass is 391 g/mol. The SMILES string of the molecule is CC1CC2(CO1)CN(C1=NCC3C(C)CCCN13)C2.I. The molecule has 0 bridgehead atoms. The van der Waals surface area contributed by atoms with Crippen LogP contribution in [-0.4, -0.2) is 60.7 Å². The van der Waals surface area contributed by atoms with Gasteiger partial charge in [0.1, 0.15) is 0 Å². The van der Waals surface area contributed by atoms with Crippen LogP contribution in [0.4, 0.5) is 0 Å². The van der Waals surface area contributed by atoms with Gasteiger partial charge in [0.05, 0.1) is 25.3 Å². The molecule has 0 amide bonds. The summed E-state index contributed by atoms with van der Waals surface area (Å²) in [7, 11) is 0. The Balaban J connectivity index is 0.00000121. The molecule has 4 aliphatic rings. The summed E-state index contributed by atoms with van der Waals surface area (Å²) in [4.78, 5) is 9.94. The molecule has 0 aliphatic carbocycles. The Morgan fingerprint density at radius 2 is 2.10 bits per heavy atom. The van der Waals surface area contributed by atoms with E-state index in [0.29, 0.717) is 17.6 Å². The normalized spacial score (nSPS) is 38.3. The maximum absolute atomic E-state index is 5.77. The Morgan fingerprint density at radius 1 is 1.30 bits per heavy atom. The van der Waals surface area contributed by atoms with Gasteiger partial charge in [0.15, 0.2) is 5.96 Å². The summed E-state index contributed by atoms with van der Waals surface area (Å²) in [6.07, 6.45) is 4.39. The molecule has 4 rings (SSSR count). The van der Waals surface area contributed by atoms with E-state index in [4.69, 9.17) is 9.73 Å². The number of nitrogens with zero attached hydrogens (tertiary/aromatic N) is 3. The van der Waals surface area contributed by atoms with Gasteiger partial charge in [0.25, 0.3) is 0 Å². The molecule has 4 nitrogen and oxygen atoms in total. The number of rotatable bonds is 0. The first-order chi connectivity index (χ1) is 9.17. The maximum atomic E-state index is 5.77. The fraction of sp³-hybridized carbons (Fsp3) is 0.933.